The number of allylic oxidation sites excluding steroid dienone is 1. The van der Waals surface area contributed by atoms with Crippen molar-refractivity contribution >= 4 is 11.6 Å². The van der Waals surface area contributed by atoms with Crippen molar-refractivity contribution in [3.63, 3.8) is 0 Å². The van der Waals surface area contributed by atoms with Crippen molar-refractivity contribution in [2.75, 3.05) is 6.61 Å². The van der Waals surface area contributed by atoms with Gasteiger partial charge in [-0.2, -0.15) is 0 Å². The van der Waals surface area contributed by atoms with Gasteiger partial charge >= 0.3 is 0 Å². The number of hydrogen-bond donors (Lipinski definition) is 1. The lowest BCUT2D eigenvalue weighted by Gasteiger charge is -2.59. The number of hydrogen-bond acceptors (Lipinski definition) is 3. The fourth-order valence-electron chi connectivity index (χ4n) is 7.64. The van der Waals surface area contributed by atoms with Crippen LogP contribution in [0.25, 0.3) is 0 Å². The molecule has 3 heteroatoms. The Labute approximate surface area is 151 Å². The summed E-state index contributed by atoms with van der Waals surface area (Å²) in [5.74, 6) is 2.31. The van der Waals surface area contributed by atoms with Crippen LogP contribution in [0, 0.1) is 34.0 Å². The summed E-state index contributed by atoms with van der Waals surface area (Å²) >= 11 is 0. The molecule has 0 aromatic carbocycles. The number of ketones is 2. The topological polar surface area (TPSA) is 54.4 Å². The van der Waals surface area contributed by atoms with Crippen LogP contribution in [0.5, 0.6) is 0 Å². The zero-order valence-electron chi connectivity index (χ0n) is 15.9. The monoisotopic (exact) mass is 344 g/mol. The van der Waals surface area contributed by atoms with Gasteiger partial charge in [0.15, 0.2) is 5.78 Å². The molecule has 3 nitrogen and oxygen atoms in total. The van der Waals surface area contributed by atoms with Gasteiger partial charge in [0.25, 0.3) is 0 Å². The second-order valence-electron chi connectivity index (χ2n) is 9.76. The van der Waals surface area contributed by atoms with Crippen LogP contribution in [0.2, 0.25) is 0 Å². The minimum atomic E-state index is -0.526. The van der Waals surface area contributed by atoms with Crippen molar-refractivity contribution in [2.45, 2.75) is 72.1 Å². The lowest BCUT2D eigenvalue weighted by molar-refractivity contribution is -0.146. The van der Waals surface area contributed by atoms with E-state index in [-0.39, 0.29) is 23.2 Å². The molecule has 0 saturated heterocycles. The van der Waals surface area contributed by atoms with E-state index >= 15 is 0 Å². The summed E-state index contributed by atoms with van der Waals surface area (Å²) in [6, 6.07) is 0. The maximum Gasteiger partial charge on any atom is 0.155 e. The van der Waals surface area contributed by atoms with Gasteiger partial charge in [0.1, 0.15) is 5.78 Å². The second-order valence-corrected chi connectivity index (χ2v) is 9.76. The second kappa shape index (κ2) is 5.52. The standard InChI is InChI=1S/C22H32O3/c1-14(24)22(13-23)11-8-19-17-5-4-15-12-16(25)6-9-20(15,2)18(17)7-10-21(19,22)3/h12,17-19,23H,4-11,13H2,1-3H3. The van der Waals surface area contributed by atoms with Crippen molar-refractivity contribution in [3.8, 4) is 0 Å². The lowest BCUT2D eigenvalue weighted by Crippen LogP contribution is -2.55. The fraction of sp³-hybridized carbons (Fsp3) is 0.818. The third kappa shape index (κ3) is 2.08. The highest BCUT2D eigenvalue weighted by molar-refractivity contribution is 5.91. The summed E-state index contributed by atoms with van der Waals surface area (Å²) in [6.45, 7) is 6.37. The maximum absolute atomic E-state index is 12.5. The van der Waals surface area contributed by atoms with Crippen molar-refractivity contribution in [1.82, 2.24) is 0 Å². The Balaban J connectivity index is 1.70. The summed E-state index contributed by atoms with van der Waals surface area (Å²) < 4.78 is 0. The first-order valence-corrected chi connectivity index (χ1v) is 10.1. The van der Waals surface area contributed by atoms with Crippen molar-refractivity contribution in [2.24, 2.45) is 34.0 Å². The highest BCUT2D eigenvalue weighted by Gasteiger charge is 2.65. The molecule has 4 aliphatic rings. The third-order valence-electron chi connectivity index (χ3n) is 9.27. The van der Waals surface area contributed by atoms with Crippen LogP contribution < -0.4 is 0 Å². The highest BCUT2D eigenvalue weighted by atomic mass is 16.3. The molecule has 0 radical (unpaired) electrons. The van der Waals surface area contributed by atoms with Crippen LogP contribution in [0.3, 0.4) is 0 Å². The summed E-state index contributed by atoms with van der Waals surface area (Å²) in [5.41, 5.74) is 0.990. The zero-order chi connectivity index (χ0) is 18.0. The number of aliphatic hydroxyl groups is 1. The van der Waals surface area contributed by atoms with E-state index in [0.717, 1.165) is 44.9 Å². The van der Waals surface area contributed by atoms with Gasteiger partial charge in [0, 0.05) is 6.42 Å². The molecule has 0 amide bonds. The molecule has 25 heavy (non-hydrogen) atoms. The summed E-state index contributed by atoms with van der Waals surface area (Å²) in [7, 11) is 0. The van der Waals surface area contributed by atoms with Gasteiger partial charge in [-0.25, -0.2) is 0 Å². The summed E-state index contributed by atoms with van der Waals surface area (Å²) in [4.78, 5) is 24.5. The van der Waals surface area contributed by atoms with Crippen molar-refractivity contribution < 1.29 is 14.7 Å². The van der Waals surface area contributed by atoms with E-state index in [1.54, 1.807) is 6.92 Å². The van der Waals surface area contributed by atoms with E-state index in [1.807, 2.05) is 6.08 Å². The molecule has 4 rings (SSSR count). The minimum absolute atomic E-state index is 0.00361. The normalized spacial score (nSPS) is 49.0. The van der Waals surface area contributed by atoms with E-state index < -0.39 is 5.41 Å². The number of Topliss-reactive ketones (excluding diaryl/α,β-unsaturated/α-hetero) is 1. The Kier molecular flexibility index (Phi) is 3.85. The zero-order valence-corrected chi connectivity index (χ0v) is 15.9. The number of rotatable bonds is 2. The van der Waals surface area contributed by atoms with Gasteiger partial charge in [-0.15, -0.1) is 0 Å². The summed E-state index contributed by atoms with van der Waals surface area (Å²) in [6.07, 6.45) is 9.94. The van der Waals surface area contributed by atoms with Crippen LogP contribution in [0.15, 0.2) is 11.6 Å². The molecule has 3 fully saturated rings. The third-order valence-corrected chi connectivity index (χ3v) is 9.27. The minimum Gasteiger partial charge on any atom is -0.395 e. The summed E-state index contributed by atoms with van der Waals surface area (Å²) in [5, 5.41) is 10.2. The first kappa shape index (κ1) is 17.5. The lowest BCUT2D eigenvalue weighted by atomic mass is 9.45. The van der Waals surface area contributed by atoms with E-state index in [9.17, 15) is 14.7 Å². The number of carbonyl (C=O) groups is 2. The molecule has 0 aliphatic heterocycles. The Morgan fingerprint density at radius 1 is 1.12 bits per heavy atom. The SMILES string of the molecule is CC(=O)C1(CO)CCC2C3CCC4=CC(=O)CCC4(C)C3CCC21C. The molecule has 4 aliphatic carbocycles. The highest BCUT2D eigenvalue weighted by Crippen LogP contribution is 2.69. The molecule has 0 bridgehead atoms. The van der Waals surface area contributed by atoms with Gasteiger partial charge in [0.2, 0.25) is 0 Å². The van der Waals surface area contributed by atoms with Crippen molar-refractivity contribution in [1.29, 1.82) is 0 Å². The van der Waals surface area contributed by atoms with E-state index in [4.69, 9.17) is 0 Å². The fourth-order valence-corrected chi connectivity index (χ4v) is 7.64. The molecule has 0 heterocycles. The molecule has 0 spiro atoms. The van der Waals surface area contributed by atoms with E-state index in [2.05, 4.69) is 13.8 Å². The van der Waals surface area contributed by atoms with Gasteiger partial charge in [-0.05, 0) is 86.5 Å². The number of aliphatic hydroxyl groups excluding tert-OH is 1. The molecule has 3 saturated carbocycles. The van der Waals surface area contributed by atoms with Crippen LogP contribution >= 0.6 is 0 Å². The van der Waals surface area contributed by atoms with Gasteiger partial charge in [0.05, 0.1) is 12.0 Å². The average Bonchev–Trinajstić information content (AvgIpc) is 2.89. The van der Waals surface area contributed by atoms with Crippen molar-refractivity contribution in [3.05, 3.63) is 11.6 Å². The smallest absolute Gasteiger partial charge is 0.155 e. The quantitative estimate of drug-likeness (QED) is 0.821. The number of carbonyl (C=O) groups excluding carboxylic acids is 2. The largest absolute Gasteiger partial charge is 0.395 e. The van der Waals surface area contributed by atoms with Crippen LogP contribution in [-0.2, 0) is 9.59 Å². The molecule has 0 aromatic heterocycles. The molecular weight excluding hydrogens is 312 g/mol. The van der Waals surface area contributed by atoms with Gasteiger partial charge in [-0.1, -0.05) is 19.4 Å². The van der Waals surface area contributed by atoms with Gasteiger partial charge < -0.3 is 5.11 Å². The Hall–Kier alpha value is -0.960. The Morgan fingerprint density at radius 3 is 2.52 bits per heavy atom. The predicted octanol–water partition coefficient (Wildman–Crippen LogP) is 4.09. The number of fused-ring (bicyclic) bond motifs is 5. The predicted molar refractivity (Wildman–Crippen MR) is 96.9 cm³/mol. The van der Waals surface area contributed by atoms with Gasteiger partial charge in [-0.3, -0.25) is 9.59 Å². The molecular formula is C22H32O3. The first-order chi connectivity index (χ1) is 11.8. The molecule has 1 N–H and O–H groups in total. The van der Waals surface area contributed by atoms with E-state index in [1.165, 1.54) is 5.57 Å². The average molecular weight is 344 g/mol. The van der Waals surface area contributed by atoms with E-state index in [0.29, 0.717) is 30.0 Å². The Morgan fingerprint density at radius 2 is 1.84 bits per heavy atom. The molecule has 6 unspecified atom stereocenters. The van der Waals surface area contributed by atoms with Crippen LogP contribution in [0.4, 0.5) is 0 Å². The molecule has 6 atom stereocenters. The van der Waals surface area contributed by atoms with Crippen LogP contribution in [-0.4, -0.2) is 23.3 Å². The molecule has 0 aromatic rings. The maximum atomic E-state index is 12.5. The van der Waals surface area contributed by atoms with Crippen LogP contribution in [0.1, 0.15) is 72.1 Å². The first-order valence-electron chi connectivity index (χ1n) is 10.1. The molecule has 138 valence electrons. The Bertz CT molecular complexity index is 650.